The minimum absolute atomic E-state index is 0.0479. The average Bonchev–Trinajstić information content (AvgIpc) is 2.68. The van der Waals surface area contributed by atoms with E-state index >= 15 is 0 Å². The molecule has 1 aromatic rings. The minimum Gasteiger partial charge on any atom is -0.411 e. The van der Waals surface area contributed by atoms with Crippen molar-refractivity contribution in [2.75, 3.05) is 0 Å². The molecule has 0 aliphatic carbocycles. The molecule has 0 bridgehead atoms. The van der Waals surface area contributed by atoms with Gasteiger partial charge in [-0.15, -0.1) is 0 Å². The monoisotopic (exact) mass is 393 g/mol. The summed E-state index contributed by atoms with van der Waals surface area (Å²) in [5.41, 5.74) is 2.14. The van der Waals surface area contributed by atoms with Crippen molar-refractivity contribution in [3.8, 4) is 0 Å². The van der Waals surface area contributed by atoms with Crippen LogP contribution in [0.2, 0.25) is 0 Å². The largest absolute Gasteiger partial charge is 0.411 e. The summed E-state index contributed by atoms with van der Waals surface area (Å²) in [7, 11) is 0. The number of hydrogen-bond donors (Lipinski definition) is 0. The Kier molecular flexibility index (Phi) is 5.33. The first-order chi connectivity index (χ1) is 11.1. The molecule has 0 spiro atoms. The fourth-order valence-electron chi connectivity index (χ4n) is 2.86. The molecule has 0 radical (unpaired) electrons. The Balaban J connectivity index is 2.57. The zero-order chi connectivity index (χ0) is 18.2. The molecule has 1 atom stereocenters. The SMILES string of the molecule is CCc1cc(C)cc(Br)c1C1C(=O)C(C)(C)N=C1OC(=O)C(C)C. The van der Waals surface area contributed by atoms with E-state index in [-0.39, 0.29) is 23.6 Å². The number of carbonyl (C=O) groups excluding carboxylic acids is 2. The third-order valence-electron chi connectivity index (χ3n) is 4.21. The van der Waals surface area contributed by atoms with Crippen molar-refractivity contribution < 1.29 is 14.3 Å². The van der Waals surface area contributed by atoms with Crippen LogP contribution in [0.25, 0.3) is 0 Å². The Morgan fingerprint density at radius 3 is 2.54 bits per heavy atom. The van der Waals surface area contributed by atoms with Crippen LogP contribution >= 0.6 is 15.9 Å². The highest BCUT2D eigenvalue weighted by molar-refractivity contribution is 9.10. The number of hydrogen-bond acceptors (Lipinski definition) is 4. The fourth-order valence-corrected chi connectivity index (χ4v) is 3.70. The summed E-state index contributed by atoms with van der Waals surface area (Å²) in [4.78, 5) is 29.5. The van der Waals surface area contributed by atoms with Crippen LogP contribution in [0.4, 0.5) is 0 Å². The number of nitrogens with zero attached hydrogens (tertiary/aromatic N) is 1. The number of Topliss-reactive ketones (excluding diaryl/α,β-unsaturated/α-hetero) is 1. The molecule has 1 unspecified atom stereocenters. The number of carbonyl (C=O) groups is 2. The number of aliphatic imine (C=N–C) groups is 1. The first-order valence-corrected chi connectivity index (χ1v) is 9.02. The third-order valence-corrected chi connectivity index (χ3v) is 4.86. The van der Waals surface area contributed by atoms with Crippen molar-refractivity contribution >= 4 is 33.6 Å². The van der Waals surface area contributed by atoms with Crippen molar-refractivity contribution in [2.45, 2.75) is 59.4 Å². The molecule has 1 aliphatic rings. The molecule has 24 heavy (non-hydrogen) atoms. The molecule has 130 valence electrons. The highest BCUT2D eigenvalue weighted by Gasteiger charge is 2.47. The lowest BCUT2D eigenvalue weighted by molar-refractivity contribution is -0.139. The quantitative estimate of drug-likeness (QED) is 0.716. The van der Waals surface area contributed by atoms with Crippen molar-refractivity contribution in [2.24, 2.45) is 10.9 Å². The maximum absolute atomic E-state index is 13.0. The number of halogens is 1. The number of benzene rings is 1. The molecule has 0 amide bonds. The van der Waals surface area contributed by atoms with E-state index in [9.17, 15) is 9.59 Å². The van der Waals surface area contributed by atoms with E-state index in [1.54, 1.807) is 27.7 Å². The van der Waals surface area contributed by atoms with Crippen molar-refractivity contribution in [1.29, 1.82) is 0 Å². The van der Waals surface area contributed by atoms with Crippen molar-refractivity contribution in [3.63, 3.8) is 0 Å². The second-order valence-electron chi connectivity index (χ2n) is 7.06. The van der Waals surface area contributed by atoms with Crippen molar-refractivity contribution in [3.05, 3.63) is 33.3 Å². The van der Waals surface area contributed by atoms with E-state index in [0.717, 1.165) is 27.6 Å². The summed E-state index contributed by atoms with van der Waals surface area (Å²) in [5, 5.41) is 0. The molecular formula is C19H24BrNO3. The van der Waals surface area contributed by atoms with Gasteiger partial charge in [-0.25, -0.2) is 4.99 Å². The minimum atomic E-state index is -0.896. The van der Waals surface area contributed by atoms with E-state index in [0.29, 0.717) is 0 Å². The van der Waals surface area contributed by atoms with Gasteiger partial charge in [-0.2, -0.15) is 0 Å². The first-order valence-electron chi connectivity index (χ1n) is 8.23. The van der Waals surface area contributed by atoms with Crippen LogP contribution < -0.4 is 0 Å². The molecule has 2 rings (SSSR count). The Labute approximate surface area is 151 Å². The Bertz CT molecular complexity index is 720. The van der Waals surface area contributed by atoms with Gasteiger partial charge in [0.25, 0.3) is 0 Å². The topological polar surface area (TPSA) is 55.7 Å². The van der Waals surface area contributed by atoms with Gasteiger partial charge in [-0.1, -0.05) is 42.8 Å². The summed E-state index contributed by atoms with van der Waals surface area (Å²) in [6.07, 6.45) is 0.783. The smallest absolute Gasteiger partial charge is 0.314 e. The highest BCUT2D eigenvalue weighted by atomic mass is 79.9. The van der Waals surface area contributed by atoms with Gasteiger partial charge in [0.1, 0.15) is 11.5 Å². The van der Waals surface area contributed by atoms with Crippen molar-refractivity contribution in [1.82, 2.24) is 0 Å². The normalized spacial score (nSPS) is 19.6. The zero-order valence-electron chi connectivity index (χ0n) is 15.1. The van der Waals surface area contributed by atoms with Crippen LogP contribution in [-0.4, -0.2) is 23.2 Å². The van der Waals surface area contributed by atoms with Crippen LogP contribution in [0, 0.1) is 12.8 Å². The molecule has 0 saturated heterocycles. The fraction of sp³-hybridized carbons (Fsp3) is 0.526. The predicted octanol–water partition coefficient (Wildman–Crippen LogP) is 4.36. The highest BCUT2D eigenvalue weighted by Crippen LogP contribution is 2.39. The molecule has 1 heterocycles. The number of ketones is 1. The molecule has 0 aromatic heterocycles. The molecule has 4 nitrogen and oxygen atoms in total. The zero-order valence-corrected chi connectivity index (χ0v) is 16.7. The molecule has 1 aliphatic heterocycles. The maximum atomic E-state index is 13.0. The van der Waals surface area contributed by atoms with Gasteiger partial charge in [0.15, 0.2) is 5.78 Å². The van der Waals surface area contributed by atoms with E-state index < -0.39 is 11.5 Å². The van der Waals surface area contributed by atoms with Crippen LogP contribution in [0.5, 0.6) is 0 Å². The first kappa shape index (κ1) is 18.8. The van der Waals surface area contributed by atoms with Crippen LogP contribution in [0.3, 0.4) is 0 Å². The van der Waals surface area contributed by atoms with Gasteiger partial charge in [0.2, 0.25) is 5.90 Å². The van der Waals surface area contributed by atoms with E-state index in [2.05, 4.69) is 27.0 Å². The lowest BCUT2D eigenvalue weighted by atomic mass is 9.84. The van der Waals surface area contributed by atoms with Gasteiger partial charge in [-0.3, -0.25) is 9.59 Å². The molecule has 0 fully saturated rings. The Morgan fingerprint density at radius 2 is 2.00 bits per heavy atom. The van der Waals surface area contributed by atoms with Crippen LogP contribution in [0.1, 0.15) is 57.2 Å². The summed E-state index contributed by atoms with van der Waals surface area (Å²) in [6.45, 7) is 11.1. The second-order valence-corrected chi connectivity index (χ2v) is 7.91. The molecule has 5 heteroatoms. The van der Waals surface area contributed by atoms with Gasteiger partial charge in [0, 0.05) is 4.47 Å². The van der Waals surface area contributed by atoms with E-state index in [1.807, 2.05) is 19.9 Å². The standard InChI is InChI=1S/C19H24BrNO3/c1-7-12-8-11(4)9-13(20)14(12)15-16(22)19(5,6)21-17(15)24-18(23)10(2)3/h8-10,15H,7H2,1-6H3. The van der Waals surface area contributed by atoms with E-state index in [4.69, 9.17) is 4.74 Å². The third kappa shape index (κ3) is 3.46. The number of esters is 1. The van der Waals surface area contributed by atoms with Gasteiger partial charge < -0.3 is 4.74 Å². The Morgan fingerprint density at radius 1 is 1.38 bits per heavy atom. The Hall–Kier alpha value is -1.49. The number of aryl methyl sites for hydroxylation is 2. The average molecular weight is 394 g/mol. The van der Waals surface area contributed by atoms with Crippen LogP contribution in [-0.2, 0) is 20.7 Å². The van der Waals surface area contributed by atoms with Gasteiger partial charge in [0.05, 0.1) is 5.92 Å². The molecule has 1 aromatic carbocycles. The lowest BCUT2D eigenvalue weighted by Gasteiger charge is -2.20. The molecule has 0 N–H and O–H groups in total. The van der Waals surface area contributed by atoms with E-state index in [1.165, 1.54) is 0 Å². The number of ether oxygens (including phenoxy) is 1. The molecular weight excluding hydrogens is 370 g/mol. The summed E-state index contributed by atoms with van der Waals surface area (Å²) in [6, 6.07) is 4.05. The second kappa shape index (κ2) is 6.79. The predicted molar refractivity (Wildman–Crippen MR) is 98.4 cm³/mol. The lowest BCUT2D eigenvalue weighted by Crippen LogP contribution is -2.31. The summed E-state index contributed by atoms with van der Waals surface area (Å²) in [5.74, 6) is -1.13. The summed E-state index contributed by atoms with van der Waals surface area (Å²) >= 11 is 3.59. The van der Waals surface area contributed by atoms with Crippen LogP contribution in [0.15, 0.2) is 21.6 Å². The number of rotatable bonds is 3. The van der Waals surface area contributed by atoms with Gasteiger partial charge in [-0.05, 0) is 49.9 Å². The molecule has 0 saturated carbocycles. The summed E-state index contributed by atoms with van der Waals surface area (Å²) < 4.78 is 6.35. The van der Waals surface area contributed by atoms with Gasteiger partial charge >= 0.3 is 5.97 Å². The maximum Gasteiger partial charge on any atom is 0.314 e.